The molecular weight excluding hydrogens is 300 g/mol. The summed E-state index contributed by atoms with van der Waals surface area (Å²) in [7, 11) is 0. The third-order valence-corrected chi connectivity index (χ3v) is 5.95. The third kappa shape index (κ3) is 1.64. The van der Waals surface area contributed by atoms with E-state index in [2.05, 4.69) is 10.5 Å². The van der Waals surface area contributed by atoms with Crippen molar-refractivity contribution in [2.24, 2.45) is 21.3 Å². The monoisotopic (exact) mass is 318 g/mol. The van der Waals surface area contributed by atoms with E-state index in [4.69, 9.17) is 4.42 Å². The first-order valence-corrected chi connectivity index (χ1v) is 7.39. The Labute approximate surface area is 132 Å². The van der Waals surface area contributed by atoms with Crippen LogP contribution in [0.2, 0.25) is 0 Å². The van der Waals surface area contributed by atoms with Crippen LogP contribution < -0.4 is 5.43 Å². The maximum absolute atomic E-state index is 12.8. The minimum atomic E-state index is -1.48. The van der Waals surface area contributed by atoms with Crippen molar-refractivity contribution < 1.29 is 23.9 Å². The summed E-state index contributed by atoms with van der Waals surface area (Å²) in [4.78, 5) is 36.5. The number of nitrogens with zero attached hydrogens (tertiary/aromatic N) is 1. The van der Waals surface area contributed by atoms with E-state index in [1.165, 1.54) is 12.3 Å². The Morgan fingerprint density at radius 3 is 2.52 bits per heavy atom. The molecule has 23 heavy (non-hydrogen) atoms. The minimum absolute atomic E-state index is 0.0716. The first-order chi connectivity index (χ1) is 10.7. The highest BCUT2D eigenvalue weighted by Crippen LogP contribution is 2.69. The number of carboxylic acid groups (broad SMARTS) is 1. The fraction of sp³-hybridized carbons (Fsp3) is 0.500. The van der Waals surface area contributed by atoms with Crippen molar-refractivity contribution in [1.29, 1.82) is 0 Å². The van der Waals surface area contributed by atoms with Gasteiger partial charge in [-0.25, -0.2) is 5.43 Å². The number of carbonyl (C=O) groups excluding carboxylic acids is 2. The molecule has 1 heterocycles. The Balaban J connectivity index is 1.98. The first-order valence-electron chi connectivity index (χ1n) is 7.39. The molecule has 1 aromatic heterocycles. The van der Waals surface area contributed by atoms with Crippen LogP contribution in [-0.2, 0) is 9.59 Å². The normalized spacial score (nSPS) is 33.2. The van der Waals surface area contributed by atoms with Gasteiger partial charge in [0.1, 0.15) is 11.1 Å². The van der Waals surface area contributed by atoms with E-state index in [9.17, 15) is 19.5 Å². The van der Waals surface area contributed by atoms with Crippen LogP contribution in [0.15, 0.2) is 27.9 Å². The maximum Gasteiger partial charge on any atom is 0.318 e. The van der Waals surface area contributed by atoms with Crippen LogP contribution in [0.4, 0.5) is 0 Å². The average Bonchev–Trinajstić information content (AvgIpc) is 3.09. The highest BCUT2D eigenvalue weighted by molar-refractivity contribution is 6.50. The van der Waals surface area contributed by atoms with Crippen LogP contribution in [0.3, 0.4) is 0 Å². The van der Waals surface area contributed by atoms with E-state index in [0.717, 1.165) is 0 Å². The van der Waals surface area contributed by atoms with Gasteiger partial charge < -0.3 is 9.52 Å². The highest BCUT2D eigenvalue weighted by atomic mass is 16.4. The second-order valence-electron chi connectivity index (χ2n) is 6.88. The van der Waals surface area contributed by atoms with Crippen LogP contribution in [0, 0.1) is 16.2 Å². The van der Waals surface area contributed by atoms with Gasteiger partial charge in [-0.05, 0) is 30.4 Å². The lowest BCUT2D eigenvalue weighted by Crippen LogP contribution is -2.44. The Morgan fingerprint density at radius 2 is 2.00 bits per heavy atom. The number of aliphatic carboxylic acids is 1. The molecule has 2 aliphatic carbocycles. The molecule has 2 saturated carbocycles. The van der Waals surface area contributed by atoms with E-state index in [1.807, 2.05) is 6.92 Å². The molecule has 2 atom stereocenters. The third-order valence-electron chi connectivity index (χ3n) is 5.95. The number of nitrogens with one attached hydrogen (secondary N) is 1. The van der Waals surface area contributed by atoms with Gasteiger partial charge in [0, 0.05) is 5.41 Å². The zero-order valence-corrected chi connectivity index (χ0v) is 13.2. The smallest absolute Gasteiger partial charge is 0.318 e. The van der Waals surface area contributed by atoms with E-state index in [-0.39, 0.29) is 17.9 Å². The fourth-order valence-electron chi connectivity index (χ4n) is 4.01. The minimum Gasteiger partial charge on any atom is -0.480 e. The van der Waals surface area contributed by atoms with Crippen LogP contribution in [0.5, 0.6) is 0 Å². The molecule has 0 radical (unpaired) electrons. The van der Waals surface area contributed by atoms with Crippen molar-refractivity contribution in [1.82, 2.24) is 5.43 Å². The first kappa shape index (κ1) is 15.5. The zero-order valence-electron chi connectivity index (χ0n) is 13.2. The molecule has 1 amide bonds. The highest BCUT2D eigenvalue weighted by Gasteiger charge is 2.77. The van der Waals surface area contributed by atoms with Crippen LogP contribution in [0.25, 0.3) is 0 Å². The van der Waals surface area contributed by atoms with E-state index in [0.29, 0.717) is 6.42 Å². The number of hydrogen-bond acceptors (Lipinski definition) is 5. The number of hydrazone groups is 1. The molecule has 0 aromatic carbocycles. The van der Waals surface area contributed by atoms with Gasteiger partial charge in [-0.2, -0.15) is 5.10 Å². The Morgan fingerprint density at radius 1 is 1.30 bits per heavy atom. The lowest BCUT2D eigenvalue weighted by Gasteiger charge is -2.36. The molecule has 0 spiro atoms. The van der Waals surface area contributed by atoms with E-state index in [1.54, 1.807) is 19.9 Å². The maximum atomic E-state index is 12.8. The summed E-state index contributed by atoms with van der Waals surface area (Å²) < 4.78 is 4.96. The molecule has 2 N–H and O–H groups in total. The van der Waals surface area contributed by atoms with Crippen molar-refractivity contribution in [2.75, 3.05) is 0 Å². The van der Waals surface area contributed by atoms with Gasteiger partial charge in [-0.1, -0.05) is 20.8 Å². The summed E-state index contributed by atoms with van der Waals surface area (Å²) in [5, 5.41) is 13.7. The van der Waals surface area contributed by atoms with Gasteiger partial charge >= 0.3 is 11.9 Å². The fourth-order valence-corrected chi connectivity index (χ4v) is 4.01. The van der Waals surface area contributed by atoms with Gasteiger partial charge in [0.25, 0.3) is 0 Å². The molecule has 1 aromatic rings. The number of furan rings is 1. The molecular formula is C16H18N2O5. The number of amides is 1. The molecule has 7 heteroatoms. The Kier molecular flexibility index (Phi) is 3.05. The van der Waals surface area contributed by atoms with E-state index >= 15 is 0 Å². The number of carbonyl (C=O) groups is 3. The van der Waals surface area contributed by atoms with Crippen LogP contribution >= 0.6 is 0 Å². The largest absolute Gasteiger partial charge is 0.480 e. The quantitative estimate of drug-likeness (QED) is 0.653. The van der Waals surface area contributed by atoms with Gasteiger partial charge in [0.15, 0.2) is 11.5 Å². The summed E-state index contributed by atoms with van der Waals surface area (Å²) in [5.41, 5.74) is -0.528. The van der Waals surface area contributed by atoms with Gasteiger partial charge in [-0.15, -0.1) is 0 Å². The lowest BCUT2D eigenvalue weighted by molar-refractivity contribution is -0.158. The molecule has 7 nitrogen and oxygen atoms in total. The second kappa shape index (κ2) is 4.53. The number of carboxylic acids is 1. The molecule has 2 bridgehead atoms. The molecule has 0 unspecified atom stereocenters. The van der Waals surface area contributed by atoms with Crippen molar-refractivity contribution in [3.05, 3.63) is 24.2 Å². The lowest BCUT2D eigenvalue weighted by atomic mass is 9.65. The van der Waals surface area contributed by atoms with Crippen molar-refractivity contribution in [3.63, 3.8) is 0 Å². The summed E-state index contributed by atoms with van der Waals surface area (Å²) in [6, 6.07) is 3.04. The molecule has 0 aliphatic heterocycles. The molecule has 3 rings (SSSR count). The summed E-state index contributed by atoms with van der Waals surface area (Å²) in [6.45, 7) is 5.40. The second-order valence-corrected chi connectivity index (χ2v) is 6.88. The SMILES string of the molecule is CC1(C)[C@@]2(C(=O)O)CC[C@@]1(C)/C(=N\NC(=O)c1ccco1)C2=O. The van der Waals surface area contributed by atoms with Gasteiger partial charge in [0.2, 0.25) is 0 Å². The van der Waals surface area contributed by atoms with Gasteiger partial charge in [0.05, 0.1) is 6.26 Å². The number of hydrogen-bond donors (Lipinski definition) is 2. The summed E-state index contributed by atoms with van der Waals surface area (Å²) in [6.07, 6.45) is 2.18. The zero-order chi connectivity index (χ0) is 17.0. The summed E-state index contributed by atoms with van der Waals surface area (Å²) in [5.74, 6) is -2.14. The number of fused-ring (bicyclic) bond motifs is 2. The Hall–Kier alpha value is -2.44. The average molecular weight is 318 g/mol. The predicted octanol–water partition coefficient (Wildman–Crippen LogP) is 1.85. The van der Waals surface area contributed by atoms with E-state index < -0.39 is 33.9 Å². The Bertz CT molecular complexity index is 734. The topological polar surface area (TPSA) is 109 Å². The molecule has 2 aliphatic rings. The van der Waals surface area contributed by atoms with Gasteiger partial charge in [-0.3, -0.25) is 14.4 Å². The predicted molar refractivity (Wildman–Crippen MR) is 79.8 cm³/mol. The number of Topliss-reactive ketones (excluding diaryl/α,β-unsaturated/α-hetero) is 1. The summed E-state index contributed by atoms with van der Waals surface area (Å²) >= 11 is 0. The van der Waals surface area contributed by atoms with Crippen molar-refractivity contribution in [2.45, 2.75) is 33.6 Å². The standard InChI is InChI=1S/C16H18N2O5/c1-14(2)15(3)6-7-16(14,13(21)22)11(19)10(15)17-18-12(20)9-5-4-8-23-9/h4-5,8H,6-7H2,1-3H3,(H,18,20)(H,21,22)/b17-10-/t15-,16-/m0/s1. The van der Waals surface area contributed by atoms with Crippen LogP contribution in [-0.4, -0.2) is 28.5 Å². The molecule has 2 fully saturated rings. The number of rotatable bonds is 3. The number of ketones is 1. The molecule has 122 valence electrons. The van der Waals surface area contributed by atoms with Crippen molar-refractivity contribution >= 4 is 23.4 Å². The van der Waals surface area contributed by atoms with Crippen molar-refractivity contribution in [3.8, 4) is 0 Å². The molecule has 0 saturated heterocycles. The van der Waals surface area contributed by atoms with Crippen LogP contribution in [0.1, 0.15) is 44.2 Å².